The normalized spacial score (nSPS) is 11.8. The van der Waals surface area contributed by atoms with Crippen LogP contribution in [0.1, 0.15) is 17.0 Å². The molecular weight excluding hydrogens is 232 g/mol. The summed E-state index contributed by atoms with van der Waals surface area (Å²) >= 11 is 0. The van der Waals surface area contributed by atoms with E-state index in [2.05, 4.69) is 6.07 Å². The number of rotatable bonds is 3. The van der Waals surface area contributed by atoms with Crippen LogP contribution in [0.15, 0.2) is 48.5 Å². The largest absolute Gasteiger partial charge is 0.207 e. The molecule has 0 heterocycles. The second-order valence-corrected chi connectivity index (χ2v) is 4.07. The first kappa shape index (κ1) is 12.3. The van der Waals surface area contributed by atoms with Crippen LogP contribution < -0.4 is 0 Å². The van der Waals surface area contributed by atoms with E-state index in [0.717, 1.165) is 5.56 Å². The van der Waals surface area contributed by atoms with Gasteiger partial charge < -0.3 is 0 Å². The van der Waals surface area contributed by atoms with Crippen LogP contribution in [-0.2, 0) is 6.42 Å². The molecule has 0 amide bonds. The third-order valence-electron chi connectivity index (χ3n) is 2.74. The van der Waals surface area contributed by atoms with Gasteiger partial charge >= 0.3 is 0 Å². The van der Waals surface area contributed by atoms with Crippen LogP contribution in [0.3, 0.4) is 0 Å². The van der Waals surface area contributed by atoms with Crippen molar-refractivity contribution in [2.24, 2.45) is 0 Å². The van der Waals surface area contributed by atoms with Crippen LogP contribution in [-0.4, -0.2) is 0 Å². The van der Waals surface area contributed by atoms with E-state index in [1.54, 1.807) is 24.3 Å². The average Bonchev–Trinajstić information content (AvgIpc) is 2.36. The van der Waals surface area contributed by atoms with E-state index in [0.29, 0.717) is 12.0 Å². The van der Waals surface area contributed by atoms with Gasteiger partial charge in [-0.2, -0.15) is 5.26 Å². The van der Waals surface area contributed by atoms with E-state index in [1.807, 2.05) is 0 Å². The van der Waals surface area contributed by atoms with Crippen LogP contribution >= 0.6 is 0 Å². The van der Waals surface area contributed by atoms with Gasteiger partial charge in [-0.3, -0.25) is 0 Å². The van der Waals surface area contributed by atoms with Gasteiger partial charge in [0.15, 0.2) is 0 Å². The Bertz CT molecular complexity index is 587. The Kier molecular flexibility index (Phi) is 3.69. The zero-order valence-corrected chi connectivity index (χ0v) is 9.61. The molecule has 0 saturated heterocycles. The van der Waals surface area contributed by atoms with Gasteiger partial charge in [0.1, 0.15) is 11.6 Å². The highest BCUT2D eigenvalue weighted by molar-refractivity contribution is 5.29. The van der Waals surface area contributed by atoms with Gasteiger partial charge in [0.25, 0.3) is 0 Å². The highest BCUT2D eigenvalue weighted by atomic mass is 19.1. The van der Waals surface area contributed by atoms with E-state index in [-0.39, 0.29) is 11.6 Å². The molecule has 0 fully saturated rings. The van der Waals surface area contributed by atoms with Crippen molar-refractivity contribution in [1.29, 1.82) is 5.26 Å². The van der Waals surface area contributed by atoms with Gasteiger partial charge in [-0.25, -0.2) is 8.78 Å². The number of nitriles is 1. The van der Waals surface area contributed by atoms with Crippen molar-refractivity contribution >= 4 is 0 Å². The van der Waals surface area contributed by atoms with Crippen molar-refractivity contribution in [2.45, 2.75) is 12.3 Å². The molecule has 0 spiro atoms. The summed E-state index contributed by atoms with van der Waals surface area (Å²) in [4.78, 5) is 0. The van der Waals surface area contributed by atoms with Gasteiger partial charge in [0.2, 0.25) is 0 Å². The maximum absolute atomic E-state index is 13.1. The molecule has 0 N–H and O–H groups in total. The van der Waals surface area contributed by atoms with Crippen molar-refractivity contribution in [3.63, 3.8) is 0 Å². The summed E-state index contributed by atoms with van der Waals surface area (Å²) in [6, 6.07) is 14.2. The number of hydrogen-bond acceptors (Lipinski definition) is 1. The first-order valence-electron chi connectivity index (χ1n) is 5.58. The monoisotopic (exact) mass is 243 g/mol. The molecule has 2 rings (SSSR count). The molecule has 1 nitrogen and oxygen atoms in total. The van der Waals surface area contributed by atoms with Gasteiger partial charge in [-0.05, 0) is 41.8 Å². The summed E-state index contributed by atoms with van der Waals surface area (Å²) in [5.74, 6) is -1.17. The van der Waals surface area contributed by atoms with E-state index in [9.17, 15) is 8.78 Å². The first-order chi connectivity index (χ1) is 8.69. The Morgan fingerprint density at radius 1 is 1.00 bits per heavy atom. The molecule has 0 bridgehead atoms. The maximum Gasteiger partial charge on any atom is 0.123 e. The second kappa shape index (κ2) is 5.42. The van der Waals surface area contributed by atoms with Crippen LogP contribution in [0.2, 0.25) is 0 Å². The minimum atomic E-state index is -0.470. The lowest BCUT2D eigenvalue weighted by Crippen LogP contribution is -2.01. The van der Waals surface area contributed by atoms with Crippen molar-refractivity contribution in [3.8, 4) is 6.07 Å². The lowest BCUT2D eigenvalue weighted by atomic mass is 9.93. The third kappa shape index (κ3) is 2.92. The standard InChI is InChI=1S/C15H11F2N/c16-14-5-1-3-11(8-14)7-13(10-18)12-4-2-6-15(17)9-12/h1-6,8-9,13H,7H2. The molecule has 0 aliphatic rings. The fourth-order valence-electron chi connectivity index (χ4n) is 1.86. The van der Waals surface area contributed by atoms with E-state index in [4.69, 9.17) is 5.26 Å². The Morgan fingerprint density at radius 3 is 2.28 bits per heavy atom. The Balaban J connectivity index is 2.23. The molecule has 3 heteroatoms. The molecule has 0 aliphatic carbocycles. The third-order valence-corrected chi connectivity index (χ3v) is 2.74. The molecule has 0 saturated carbocycles. The molecule has 90 valence electrons. The molecule has 1 atom stereocenters. The zero-order chi connectivity index (χ0) is 13.0. The quantitative estimate of drug-likeness (QED) is 0.804. The second-order valence-electron chi connectivity index (χ2n) is 4.07. The van der Waals surface area contributed by atoms with Gasteiger partial charge in [-0.1, -0.05) is 24.3 Å². The minimum Gasteiger partial charge on any atom is -0.207 e. The topological polar surface area (TPSA) is 23.8 Å². The number of hydrogen-bond donors (Lipinski definition) is 0. The Morgan fingerprint density at radius 2 is 1.67 bits per heavy atom. The van der Waals surface area contributed by atoms with Crippen molar-refractivity contribution in [1.82, 2.24) is 0 Å². The molecule has 0 radical (unpaired) electrons. The lowest BCUT2D eigenvalue weighted by Gasteiger charge is -2.09. The van der Waals surface area contributed by atoms with Crippen LogP contribution in [0.4, 0.5) is 8.78 Å². The maximum atomic E-state index is 13.1. The Labute approximate surface area is 104 Å². The summed E-state index contributed by atoms with van der Waals surface area (Å²) in [5, 5.41) is 9.13. The SMILES string of the molecule is N#CC(Cc1cccc(F)c1)c1cccc(F)c1. The Hall–Kier alpha value is -2.21. The zero-order valence-electron chi connectivity index (χ0n) is 9.61. The van der Waals surface area contributed by atoms with Crippen LogP contribution in [0.25, 0.3) is 0 Å². The molecule has 0 aliphatic heterocycles. The highest BCUT2D eigenvalue weighted by Gasteiger charge is 2.12. The molecule has 1 unspecified atom stereocenters. The molecule has 2 aromatic rings. The fraction of sp³-hybridized carbons (Fsp3) is 0.133. The predicted octanol–water partition coefficient (Wildman–Crippen LogP) is 3.81. The van der Waals surface area contributed by atoms with E-state index < -0.39 is 5.92 Å². The summed E-state index contributed by atoms with van der Waals surface area (Å²) in [6.45, 7) is 0. The number of benzene rings is 2. The first-order valence-corrected chi connectivity index (χ1v) is 5.58. The number of halogens is 2. The summed E-state index contributed by atoms with van der Waals surface area (Å²) in [5.41, 5.74) is 1.34. The van der Waals surface area contributed by atoms with Crippen LogP contribution in [0, 0.1) is 23.0 Å². The summed E-state index contributed by atoms with van der Waals surface area (Å²) < 4.78 is 26.1. The van der Waals surface area contributed by atoms with E-state index in [1.165, 1.54) is 24.3 Å². The summed E-state index contributed by atoms with van der Waals surface area (Å²) in [7, 11) is 0. The average molecular weight is 243 g/mol. The van der Waals surface area contributed by atoms with Crippen molar-refractivity contribution in [3.05, 3.63) is 71.3 Å². The predicted molar refractivity (Wildman–Crippen MR) is 64.9 cm³/mol. The minimum absolute atomic E-state index is 0.330. The molecule has 18 heavy (non-hydrogen) atoms. The summed E-state index contributed by atoms with van der Waals surface area (Å²) in [6.07, 6.45) is 0.373. The molecule has 2 aromatic carbocycles. The fourth-order valence-corrected chi connectivity index (χ4v) is 1.86. The van der Waals surface area contributed by atoms with Crippen molar-refractivity contribution < 1.29 is 8.78 Å². The highest BCUT2D eigenvalue weighted by Crippen LogP contribution is 2.21. The van der Waals surface area contributed by atoms with Gasteiger partial charge in [-0.15, -0.1) is 0 Å². The lowest BCUT2D eigenvalue weighted by molar-refractivity contribution is 0.620. The van der Waals surface area contributed by atoms with Gasteiger partial charge in [0.05, 0.1) is 12.0 Å². The smallest absolute Gasteiger partial charge is 0.123 e. The molecular formula is C15H11F2N. The van der Waals surface area contributed by atoms with Crippen LogP contribution in [0.5, 0.6) is 0 Å². The van der Waals surface area contributed by atoms with Crippen molar-refractivity contribution in [2.75, 3.05) is 0 Å². The number of nitrogens with zero attached hydrogens (tertiary/aromatic N) is 1. The van der Waals surface area contributed by atoms with Gasteiger partial charge in [0, 0.05) is 0 Å². The molecule has 0 aromatic heterocycles. The van der Waals surface area contributed by atoms with E-state index >= 15 is 0 Å².